The topological polar surface area (TPSA) is 128 Å². The standard InChI is InChI=1S/C19H16N4O4/c20-18(25)16(24)15(9-12-5-2-1-3-6-12)23-19(26)17-14(11-22-27-17)13-7-4-8-21-10-13/h1-8,10-11,15H,9H2,(H2,20,25)(H,23,26). The van der Waals surface area contributed by atoms with Crippen LogP contribution in [0.2, 0.25) is 0 Å². The first kappa shape index (κ1) is 18.0. The molecule has 3 N–H and O–H groups in total. The van der Waals surface area contributed by atoms with Gasteiger partial charge in [-0.3, -0.25) is 19.4 Å². The number of primary amides is 1. The zero-order valence-electron chi connectivity index (χ0n) is 14.2. The van der Waals surface area contributed by atoms with Crippen molar-refractivity contribution in [1.82, 2.24) is 15.5 Å². The van der Waals surface area contributed by atoms with Crippen molar-refractivity contribution < 1.29 is 18.9 Å². The van der Waals surface area contributed by atoms with Crippen LogP contribution >= 0.6 is 0 Å². The molecule has 2 amide bonds. The van der Waals surface area contributed by atoms with Crippen molar-refractivity contribution in [2.24, 2.45) is 5.73 Å². The summed E-state index contributed by atoms with van der Waals surface area (Å²) in [5, 5.41) is 6.17. The first-order valence-corrected chi connectivity index (χ1v) is 8.09. The molecule has 0 aliphatic rings. The van der Waals surface area contributed by atoms with Crippen molar-refractivity contribution in [2.75, 3.05) is 0 Å². The minimum atomic E-state index is -1.12. The van der Waals surface area contributed by atoms with Gasteiger partial charge in [0.25, 0.3) is 11.8 Å². The minimum Gasteiger partial charge on any atom is -0.363 e. The molecule has 3 aromatic rings. The minimum absolute atomic E-state index is 0.0849. The predicted octanol–water partition coefficient (Wildman–Crippen LogP) is 1.13. The fourth-order valence-electron chi connectivity index (χ4n) is 2.59. The molecule has 1 atom stereocenters. The highest BCUT2D eigenvalue weighted by atomic mass is 16.5. The van der Waals surface area contributed by atoms with Crippen LogP contribution in [0.3, 0.4) is 0 Å². The number of ketones is 1. The summed E-state index contributed by atoms with van der Waals surface area (Å²) in [5.41, 5.74) is 6.94. The van der Waals surface area contributed by atoms with Crippen LogP contribution in [0.5, 0.6) is 0 Å². The fraction of sp³-hybridized carbons (Fsp3) is 0.105. The van der Waals surface area contributed by atoms with E-state index >= 15 is 0 Å². The predicted molar refractivity (Wildman–Crippen MR) is 95.3 cm³/mol. The Bertz CT molecular complexity index is 954. The summed E-state index contributed by atoms with van der Waals surface area (Å²) in [7, 11) is 0. The van der Waals surface area contributed by atoms with E-state index in [1.807, 2.05) is 6.07 Å². The molecule has 3 rings (SSSR count). The first-order chi connectivity index (χ1) is 13.1. The quantitative estimate of drug-likeness (QED) is 0.605. The van der Waals surface area contributed by atoms with Crippen LogP contribution < -0.4 is 11.1 Å². The van der Waals surface area contributed by atoms with E-state index in [1.54, 1.807) is 48.8 Å². The number of nitrogens with zero attached hydrogens (tertiary/aromatic N) is 2. The maximum Gasteiger partial charge on any atom is 0.291 e. The van der Waals surface area contributed by atoms with Gasteiger partial charge < -0.3 is 15.6 Å². The summed E-state index contributed by atoms with van der Waals surface area (Å²) >= 11 is 0. The van der Waals surface area contributed by atoms with Gasteiger partial charge in [-0.25, -0.2) is 0 Å². The second-order valence-electron chi connectivity index (χ2n) is 5.75. The maximum atomic E-state index is 12.7. The summed E-state index contributed by atoms with van der Waals surface area (Å²) in [6, 6.07) is 11.3. The maximum absolute atomic E-state index is 12.7. The van der Waals surface area contributed by atoms with Crippen LogP contribution in [0.4, 0.5) is 0 Å². The number of hydrogen-bond acceptors (Lipinski definition) is 6. The Kier molecular flexibility index (Phi) is 5.36. The molecule has 27 heavy (non-hydrogen) atoms. The van der Waals surface area contributed by atoms with Crippen LogP contribution in [0.1, 0.15) is 16.1 Å². The molecule has 0 aliphatic carbocycles. The molecule has 1 unspecified atom stereocenters. The molecular weight excluding hydrogens is 348 g/mol. The number of aromatic nitrogens is 2. The SMILES string of the molecule is NC(=O)C(=O)C(Cc1ccccc1)NC(=O)c1oncc1-c1cccnc1. The molecule has 0 saturated carbocycles. The number of Topliss-reactive ketones (excluding diaryl/α,β-unsaturated/α-hetero) is 1. The van der Waals surface area contributed by atoms with Crippen molar-refractivity contribution in [1.29, 1.82) is 0 Å². The van der Waals surface area contributed by atoms with Gasteiger partial charge in [-0.1, -0.05) is 41.6 Å². The van der Waals surface area contributed by atoms with Gasteiger partial charge in [0.05, 0.1) is 11.8 Å². The largest absolute Gasteiger partial charge is 0.363 e. The molecular formula is C19H16N4O4. The first-order valence-electron chi connectivity index (χ1n) is 8.09. The Hall–Kier alpha value is -3.81. The van der Waals surface area contributed by atoms with Gasteiger partial charge in [0.15, 0.2) is 0 Å². The third-order valence-electron chi connectivity index (χ3n) is 3.90. The smallest absolute Gasteiger partial charge is 0.291 e. The second-order valence-corrected chi connectivity index (χ2v) is 5.75. The second kappa shape index (κ2) is 8.05. The normalized spacial score (nSPS) is 11.6. The highest BCUT2D eigenvalue weighted by Gasteiger charge is 2.28. The van der Waals surface area contributed by atoms with Gasteiger partial charge in [-0.2, -0.15) is 0 Å². The molecule has 0 saturated heterocycles. The van der Waals surface area contributed by atoms with Crippen LogP contribution in [-0.2, 0) is 16.0 Å². The van der Waals surface area contributed by atoms with Gasteiger partial charge >= 0.3 is 0 Å². The lowest BCUT2D eigenvalue weighted by atomic mass is 10.0. The van der Waals surface area contributed by atoms with Crippen LogP contribution in [-0.4, -0.2) is 33.8 Å². The van der Waals surface area contributed by atoms with Crippen LogP contribution in [0, 0.1) is 0 Å². The number of benzene rings is 1. The number of amides is 2. The van der Waals surface area contributed by atoms with Crippen molar-refractivity contribution >= 4 is 17.6 Å². The van der Waals surface area contributed by atoms with E-state index in [0.29, 0.717) is 11.1 Å². The lowest BCUT2D eigenvalue weighted by Gasteiger charge is -2.15. The molecule has 0 bridgehead atoms. The number of nitrogens with two attached hydrogens (primary N) is 1. The average Bonchev–Trinajstić information content (AvgIpc) is 3.18. The van der Waals surface area contributed by atoms with E-state index in [1.165, 1.54) is 6.20 Å². The Balaban J connectivity index is 1.84. The molecule has 136 valence electrons. The Morgan fingerprint density at radius 2 is 1.85 bits per heavy atom. The van der Waals surface area contributed by atoms with E-state index in [-0.39, 0.29) is 12.2 Å². The average molecular weight is 364 g/mol. The Labute approximate surface area is 154 Å². The molecule has 0 aliphatic heterocycles. The van der Waals surface area contributed by atoms with Crippen molar-refractivity contribution in [2.45, 2.75) is 12.5 Å². The number of carbonyl (C=O) groups is 3. The molecule has 1 aromatic carbocycles. The van der Waals surface area contributed by atoms with Gasteiger partial charge in [0.1, 0.15) is 6.04 Å². The number of rotatable bonds is 7. The van der Waals surface area contributed by atoms with E-state index in [0.717, 1.165) is 5.56 Å². The molecule has 2 heterocycles. The monoisotopic (exact) mass is 364 g/mol. The van der Waals surface area contributed by atoms with E-state index in [9.17, 15) is 14.4 Å². The number of nitrogens with one attached hydrogen (secondary N) is 1. The zero-order valence-corrected chi connectivity index (χ0v) is 14.2. The van der Waals surface area contributed by atoms with Gasteiger partial charge in [0.2, 0.25) is 11.5 Å². The summed E-state index contributed by atoms with van der Waals surface area (Å²) < 4.78 is 5.05. The third-order valence-corrected chi connectivity index (χ3v) is 3.90. The van der Waals surface area contributed by atoms with Gasteiger partial charge in [0, 0.05) is 24.4 Å². The lowest BCUT2D eigenvalue weighted by Crippen LogP contribution is -2.47. The van der Waals surface area contributed by atoms with Crippen molar-refractivity contribution in [3.05, 3.63) is 72.4 Å². The zero-order chi connectivity index (χ0) is 19.2. The van der Waals surface area contributed by atoms with E-state index < -0.39 is 23.6 Å². The van der Waals surface area contributed by atoms with Gasteiger partial charge in [-0.15, -0.1) is 0 Å². The van der Waals surface area contributed by atoms with Crippen molar-refractivity contribution in [3.63, 3.8) is 0 Å². The van der Waals surface area contributed by atoms with Crippen molar-refractivity contribution in [3.8, 4) is 11.1 Å². The molecule has 2 aromatic heterocycles. The van der Waals surface area contributed by atoms with E-state index in [2.05, 4.69) is 15.5 Å². The molecule has 0 radical (unpaired) electrons. The summed E-state index contributed by atoms with van der Waals surface area (Å²) in [6.07, 6.45) is 4.65. The molecule has 0 fully saturated rings. The van der Waals surface area contributed by atoms with Crippen LogP contribution in [0.25, 0.3) is 11.1 Å². The van der Waals surface area contributed by atoms with E-state index in [4.69, 9.17) is 10.3 Å². The third kappa shape index (κ3) is 4.24. The molecule has 8 heteroatoms. The Morgan fingerprint density at radius 1 is 1.07 bits per heavy atom. The molecule has 8 nitrogen and oxygen atoms in total. The number of pyridine rings is 1. The van der Waals surface area contributed by atoms with Crippen LogP contribution in [0.15, 0.2) is 65.6 Å². The summed E-state index contributed by atoms with van der Waals surface area (Å²) in [5.74, 6) is -2.78. The number of carbonyl (C=O) groups excluding carboxylic acids is 3. The number of hydrogen-bond donors (Lipinski definition) is 2. The highest BCUT2D eigenvalue weighted by Crippen LogP contribution is 2.22. The highest BCUT2D eigenvalue weighted by molar-refractivity contribution is 6.38. The summed E-state index contributed by atoms with van der Waals surface area (Å²) in [4.78, 5) is 40.2. The fourth-order valence-corrected chi connectivity index (χ4v) is 2.59. The summed E-state index contributed by atoms with van der Waals surface area (Å²) in [6.45, 7) is 0. The Morgan fingerprint density at radius 3 is 2.52 bits per heavy atom. The molecule has 0 spiro atoms. The lowest BCUT2D eigenvalue weighted by molar-refractivity contribution is -0.137. The van der Waals surface area contributed by atoms with Gasteiger partial charge in [-0.05, 0) is 11.6 Å².